The lowest BCUT2D eigenvalue weighted by atomic mass is 10.2. The molecular formula is C17H21N5OS2. The van der Waals surface area contributed by atoms with Crippen molar-refractivity contribution in [2.75, 3.05) is 0 Å². The molecule has 4 rings (SSSR count). The second-order valence-electron chi connectivity index (χ2n) is 6.54. The quantitative estimate of drug-likeness (QED) is 0.705. The summed E-state index contributed by atoms with van der Waals surface area (Å²) < 4.78 is 2.23. The first-order valence-electron chi connectivity index (χ1n) is 8.63. The van der Waals surface area contributed by atoms with Gasteiger partial charge >= 0.3 is 0 Å². The molecule has 1 aliphatic heterocycles. The van der Waals surface area contributed by atoms with Crippen molar-refractivity contribution >= 4 is 33.3 Å². The number of hydrogen-bond donors (Lipinski definition) is 1. The molecule has 132 valence electrons. The third-order valence-electron chi connectivity index (χ3n) is 4.80. The smallest absolute Gasteiger partial charge is 0.259 e. The fourth-order valence-corrected chi connectivity index (χ4v) is 5.21. The molecule has 0 saturated carbocycles. The predicted octanol–water partition coefficient (Wildman–Crippen LogP) is 3.77. The summed E-state index contributed by atoms with van der Waals surface area (Å²) in [4.78, 5) is 22.1. The van der Waals surface area contributed by atoms with E-state index in [2.05, 4.69) is 26.7 Å². The minimum absolute atomic E-state index is 0.0105. The molecule has 0 unspecified atom stereocenters. The van der Waals surface area contributed by atoms with E-state index in [0.717, 1.165) is 44.6 Å². The van der Waals surface area contributed by atoms with Crippen LogP contribution in [0.2, 0.25) is 0 Å². The summed E-state index contributed by atoms with van der Waals surface area (Å²) in [6.07, 6.45) is 4.59. The van der Waals surface area contributed by atoms with Crippen molar-refractivity contribution in [1.29, 1.82) is 0 Å². The van der Waals surface area contributed by atoms with E-state index in [1.807, 2.05) is 13.8 Å². The normalized spacial score (nSPS) is 16.0. The fourth-order valence-electron chi connectivity index (χ4n) is 3.22. The Balaban J connectivity index is 1.66. The number of thioether (sulfide) groups is 1. The van der Waals surface area contributed by atoms with E-state index in [1.165, 1.54) is 19.3 Å². The first-order chi connectivity index (χ1) is 12.0. The van der Waals surface area contributed by atoms with Crippen molar-refractivity contribution in [1.82, 2.24) is 24.7 Å². The zero-order valence-corrected chi connectivity index (χ0v) is 16.3. The van der Waals surface area contributed by atoms with Crippen molar-refractivity contribution in [2.45, 2.75) is 63.4 Å². The Morgan fingerprint density at radius 1 is 1.24 bits per heavy atom. The molecule has 3 aromatic heterocycles. The molecular weight excluding hydrogens is 354 g/mol. The SMILES string of the molecule is Cc1sc2nc([C@H](C)Sc3nnc4n3CCCCC4)[nH]c(=O)c2c1C. The number of aryl methyl sites for hydroxylation is 3. The first kappa shape index (κ1) is 16.8. The number of thiophene rings is 1. The summed E-state index contributed by atoms with van der Waals surface area (Å²) in [5.74, 6) is 1.78. The molecule has 25 heavy (non-hydrogen) atoms. The molecule has 0 amide bonds. The van der Waals surface area contributed by atoms with E-state index in [9.17, 15) is 4.79 Å². The highest BCUT2D eigenvalue weighted by atomic mass is 32.2. The lowest BCUT2D eigenvalue weighted by molar-refractivity contribution is 0.590. The van der Waals surface area contributed by atoms with Crippen LogP contribution in [0.4, 0.5) is 0 Å². The molecule has 1 N–H and O–H groups in total. The number of aromatic amines is 1. The summed E-state index contributed by atoms with van der Waals surface area (Å²) in [5, 5.41) is 10.4. The Bertz CT molecular complexity index is 987. The van der Waals surface area contributed by atoms with Gasteiger partial charge in [0.1, 0.15) is 16.5 Å². The molecule has 1 aliphatic rings. The van der Waals surface area contributed by atoms with Crippen molar-refractivity contribution in [2.24, 2.45) is 0 Å². The van der Waals surface area contributed by atoms with Crippen LogP contribution in [0.15, 0.2) is 9.95 Å². The first-order valence-corrected chi connectivity index (χ1v) is 10.3. The average Bonchev–Trinajstić information content (AvgIpc) is 2.98. The highest BCUT2D eigenvalue weighted by Crippen LogP contribution is 2.34. The molecule has 6 nitrogen and oxygen atoms in total. The van der Waals surface area contributed by atoms with Crippen LogP contribution in [0.1, 0.15) is 53.5 Å². The minimum atomic E-state index is -0.0469. The van der Waals surface area contributed by atoms with Crippen molar-refractivity contribution in [3.63, 3.8) is 0 Å². The maximum atomic E-state index is 12.5. The molecule has 0 spiro atoms. The monoisotopic (exact) mass is 375 g/mol. The van der Waals surface area contributed by atoms with Gasteiger partial charge in [-0.25, -0.2) is 4.98 Å². The molecule has 0 saturated heterocycles. The Labute approximate surface area is 154 Å². The van der Waals surface area contributed by atoms with E-state index in [1.54, 1.807) is 23.1 Å². The molecule has 0 radical (unpaired) electrons. The summed E-state index contributed by atoms with van der Waals surface area (Å²) in [5.41, 5.74) is 0.984. The Morgan fingerprint density at radius 2 is 2.08 bits per heavy atom. The fraction of sp³-hybridized carbons (Fsp3) is 0.529. The summed E-state index contributed by atoms with van der Waals surface area (Å²) in [6.45, 7) is 7.04. The van der Waals surface area contributed by atoms with Gasteiger partial charge in [0.15, 0.2) is 5.16 Å². The van der Waals surface area contributed by atoms with Gasteiger partial charge in [0.25, 0.3) is 5.56 Å². The molecule has 1 atom stereocenters. The van der Waals surface area contributed by atoms with Crippen LogP contribution in [0.3, 0.4) is 0 Å². The summed E-state index contributed by atoms with van der Waals surface area (Å²) in [6, 6.07) is 0. The van der Waals surface area contributed by atoms with Crippen molar-refractivity contribution in [3.8, 4) is 0 Å². The van der Waals surface area contributed by atoms with Gasteiger partial charge in [-0.05, 0) is 39.2 Å². The molecule has 0 fully saturated rings. The Kier molecular flexibility index (Phi) is 4.41. The maximum Gasteiger partial charge on any atom is 0.259 e. The van der Waals surface area contributed by atoms with Crippen molar-refractivity contribution in [3.05, 3.63) is 32.4 Å². The lowest BCUT2D eigenvalue weighted by Gasteiger charge is -2.11. The zero-order valence-electron chi connectivity index (χ0n) is 14.6. The van der Waals surface area contributed by atoms with Gasteiger partial charge in [-0.15, -0.1) is 21.5 Å². The number of nitrogens with one attached hydrogen (secondary N) is 1. The molecule has 0 aliphatic carbocycles. The van der Waals surface area contributed by atoms with Gasteiger partial charge in [-0.3, -0.25) is 4.79 Å². The highest BCUT2D eigenvalue weighted by molar-refractivity contribution is 7.99. The second kappa shape index (κ2) is 6.57. The molecule has 4 heterocycles. The van der Waals surface area contributed by atoms with E-state index in [-0.39, 0.29) is 10.8 Å². The maximum absolute atomic E-state index is 12.5. The number of nitrogens with zero attached hydrogens (tertiary/aromatic N) is 4. The zero-order chi connectivity index (χ0) is 17.6. The van der Waals surface area contributed by atoms with E-state index in [4.69, 9.17) is 4.98 Å². The molecule has 3 aromatic rings. The highest BCUT2D eigenvalue weighted by Gasteiger charge is 2.20. The Hall–Kier alpha value is -1.67. The summed E-state index contributed by atoms with van der Waals surface area (Å²) >= 11 is 3.20. The van der Waals surface area contributed by atoms with Gasteiger partial charge in [-0.2, -0.15) is 0 Å². The predicted molar refractivity (Wildman–Crippen MR) is 102 cm³/mol. The third-order valence-corrected chi connectivity index (χ3v) is 6.99. The van der Waals surface area contributed by atoms with Crippen LogP contribution in [0, 0.1) is 13.8 Å². The summed E-state index contributed by atoms with van der Waals surface area (Å²) in [7, 11) is 0. The van der Waals surface area contributed by atoms with Gasteiger partial charge in [-0.1, -0.05) is 18.2 Å². The van der Waals surface area contributed by atoms with Gasteiger partial charge in [0.05, 0.1) is 10.6 Å². The van der Waals surface area contributed by atoms with Crippen LogP contribution < -0.4 is 5.56 Å². The number of H-pyrrole nitrogens is 1. The number of fused-ring (bicyclic) bond motifs is 2. The van der Waals surface area contributed by atoms with Gasteiger partial charge in [0, 0.05) is 17.8 Å². The van der Waals surface area contributed by atoms with Crippen LogP contribution in [0.5, 0.6) is 0 Å². The Morgan fingerprint density at radius 3 is 2.92 bits per heavy atom. The lowest BCUT2D eigenvalue weighted by Crippen LogP contribution is -2.13. The van der Waals surface area contributed by atoms with Crippen molar-refractivity contribution < 1.29 is 0 Å². The van der Waals surface area contributed by atoms with Crippen LogP contribution >= 0.6 is 23.1 Å². The number of aromatic nitrogens is 5. The standard InChI is InChI=1S/C17H21N5OS2/c1-9-10(2)24-16-13(9)15(23)18-14(19-16)11(3)25-17-21-20-12-7-5-4-6-8-22(12)17/h11H,4-8H2,1-3H3,(H,18,19,23)/t11-/m0/s1. The number of hydrogen-bond acceptors (Lipinski definition) is 6. The number of rotatable bonds is 3. The van der Waals surface area contributed by atoms with Gasteiger partial charge in [0.2, 0.25) is 0 Å². The largest absolute Gasteiger partial charge is 0.309 e. The molecule has 8 heteroatoms. The van der Waals surface area contributed by atoms with Crippen LogP contribution in [-0.2, 0) is 13.0 Å². The topological polar surface area (TPSA) is 76.5 Å². The van der Waals surface area contributed by atoms with Crippen LogP contribution in [-0.4, -0.2) is 24.7 Å². The van der Waals surface area contributed by atoms with E-state index in [0.29, 0.717) is 5.82 Å². The van der Waals surface area contributed by atoms with Gasteiger partial charge < -0.3 is 9.55 Å². The third kappa shape index (κ3) is 3.01. The average molecular weight is 376 g/mol. The minimum Gasteiger partial charge on any atom is -0.309 e. The van der Waals surface area contributed by atoms with E-state index < -0.39 is 0 Å². The molecule has 0 aromatic carbocycles. The second-order valence-corrected chi connectivity index (χ2v) is 9.05. The van der Waals surface area contributed by atoms with E-state index >= 15 is 0 Å². The molecule has 0 bridgehead atoms. The van der Waals surface area contributed by atoms with Crippen LogP contribution in [0.25, 0.3) is 10.2 Å².